The predicted molar refractivity (Wildman–Crippen MR) is 344 cm³/mol. The van der Waals surface area contributed by atoms with Crippen LogP contribution in [0.2, 0.25) is 0 Å². The molecule has 79 heavy (non-hydrogen) atoms. The first-order valence-corrected chi connectivity index (χ1v) is 34.8. The summed E-state index contributed by atoms with van der Waals surface area (Å²) in [5.41, 5.74) is 0. The van der Waals surface area contributed by atoms with Crippen LogP contribution in [0.25, 0.3) is 0 Å². The minimum atomic E-state index is -0.771. The van der Waals surface area contributed by atoms with E-state index in [1.54, 1.807) is 0 Å². The first-order valence-electron chi connectivity index (χ1n) is 34.8. The quantitative estimate of drug-likeness (QED) is 0.0261. The second-order valence-corrected chi connectivity index (χ2v) is 23.4. The van der Waals surface area contributed by atoms with Crippen LogP contribution in [-0.2, 0) is 28.6 Å². The SMILES string of the molecule is CC/C=C\C/C=C\C/C=C\C/C=C\CCCCCCCCCCCCCCCCCCCCCCCCC(=O)OCC(COC(=O)CCCCCCCCCCC)OC(=O)CCCCCCCCC/C=C\CCCCCCCC. The van der Waals surface area contributed by atoms with E-state index in [2.05, 4.69) is 81.5 Å². The lowest BCUT2D eigenvalue weighted by Crippen LogP contribution is -2.30. The van der Waals surface area contributed by atoms with Gasteiger partial charge in [0.15, 0.2) is 6.10 Å². The number of carbonyl (C=O) groups excluding carboxylic acids is 3. The van der Waals surface area contributed by atoms with Gasteiger partial charge in [-0.3, -0.25) is 14.4 Å². The molecule has 0 aromatic rings. The van der Waals surface area contributed by atoms with E-state index in [1.807, 2.05) is 0 Å². The molecule has 0 aliphatic heterocycles. The van der Waals surface area contributed by atoms with Crippen molar-refractivity contribution in [1.29, 1.82) is 0 Å². The van der Waals surface area contributed by atoms with Crippen LogP contribution >= 0.6 is 0 Å². The number of hydrogen-bond donors (Lipinski definition) is 0. The molecule has 0 aliphatic rings. The minimum Gasteiger partial charge on any atom is -0.462 e. The molecule has 1 atom stereocenters. The van der Waals surface area contributed by atoms with E-state index in [1.165, 1.54) is 244 Å². The second-order valence-electron chi connectivity index (χ2n) is 23.4. The molecule has 0 aliphatic carbocycles. The number of esters is 3. The molecule has 0 amide bonds. The van der Waals surface area contributed by atoms with Gasteiger partial charge in [-0.2, -0.15) is 0 Å². The van der Waals surface area contributed by atoms with Gasteiger partial charge in [-0.1, -0.05) is 326 Å². The number of rotatable bonds is 64. The molecule has 0 aromatic carbocycles. The van der Waals surface area contributed by atoms with Crippen LogP contribution in [0.15, 0.2) is 60.8 Å². The molecular formula is C73H132O6. The molecule has 0 aromatic heterocycles. The van der Waals surface area contributed by atoms with Gasteiger partial charge < -0.3 is 14.2 Å². The molecule has 0 rings (SSSR count). The summed E-state index contributed by atoms with van der Waals surface area (Å²) >= 11 is 0. The highest BCUT2D eigenvalue weighted by atomic mass is 16.6. The molecule has 0 spiro atoms. The second kappa shape index (κ2) is 67.6. The van der Waals surface area contributed by atoms with E-state index >= 15 is 0 Å². The number of unbranched alkanes of at least 4 members (excludes halogenated alkanes) is 43. The van der Waals surface area contributed by atoms with Gasteiger partial charge in [0.05, 0.1) is 0 Å². The number of ether oxygens (including phenoxy) is 3. The molecule has 0 bridgehead atoms. The molecule has 0 radical (unpaired) electrons. The summed E-state index contributed by atoms with van der Waals surface area (Å²) in [6.45, 7) is 6.55. The number of carbonyl (C=O) groups is 3. The van der Waals surface area contributed by atoms with Crippen LogP contribution < -0.4 is 0 Å². The van der Waals surface area contributed by atoms with Crippen LogP contribution in [0.1, 0.15) is 367 Å². The fourth-order valence-corrected chi connectivity index (χ4v) is 10.3. The van der Waals surface area contributed by atoms with Crippen molar-refractivity contribution in [2.24, 2.45) is 0 Å². The summed E-state index contributed by atoms with van der Waals surface area (Å²) in [7, 11) is 0. The topological polar surface area (TPSA) is 78.9 Å². The van der Waals surface area contributed by atoms with Gasteiger partial charge in [0.1, 0.15) is 13.2 Å². The Balaban J connectivity index is 4.00. The van der Waals surface area contributed by atoms with Crippen molar-refractivity contribution in [3.05, 3.63) is 60.8 Å². The van der Waals surface area contributed by atoms with E-state index in [9.17, 15) is 14.4 Å². The zero-order valence-electron chi connectivity index (χ0n) is 52.9. The summed E-state index contributed by atoms with van der Waals surface area (Å²) in [6, 6.07) is 0. The van der Waals surface area contributed by atoms with Crippen molar-refractivity contribution in [1.82, 2.24) is 0 Å². The van der Waals surface area contributed by atoms with Crippen LogP contribution in [0.3, 0.4) is 0 Å². The Morgan fingerprint density at radius 1 is 0.266 bits per heavy atom. The maximum Gasteiger partial charge on any atom is 0.306 e. The fraction of sp³-hybridized carbons (Fsp3) is 0.822. The van der Waals surface area contributed by atoms with Gasteiger partial charge in [-0.15, -0.1) is 0 Å². The Bertz CT molecular complexity index is 1410. The molecule has 0 saturated heterocycles. The summed E-state index contributed by atoms with van der Waals surface area (Å²) in [5.74, 6) is -0.854. The summed E-state index contributed by atoms with van der Waals surface area (Å²) in [5, 5.41) is 0. The van der Waals surface area contributed by atoms with Crippen molar-refractivity contribution in [3.8, 4) is 0 Å². The Morgan fingerprint density at radius 2 is 0.494 bits per heavy atom. The lowest BCUT2D eigenvalue weighted by molar-refractivity contribution is -0.167. The zero-order chi connectivity index (χ0) is 57.1. The number of hydrogen-bond acceptors (Lipinski definition) is 6. The Labute approximate surface area is 491 Å². The Kier molecular flexibility index (Phi) is 65.1. The van der Waals surface area contributed by atoms with Gasteiger partial charge in [-0.05, 0) is 83.5 Å². The first-order chi connectivity index (χ1) is 39.0. The van der Waals surface area contributed by atoms with Crippen molar-refractivity contribution < 1.29 is 28.6 Å². The average molecular weight is 1110 g/mol. The van der Waals surface area contributed by atoms with Crippen molar-refractivity contribution >= 4 is 17.9 Å². The molecule has 6 heteroatoms. The molecule has 1 unspecified atom stereocenters. The third-order valence-electron chi connectivity index (χ3n) is 15.5. The normalized spacial score (nSPS) is 12.4. The highest BCUT2D eigenvalue weighted by Gasteiger charge is 2.19. The highest BCUT2D eigenvalue weighted by Crippen LogP contribution is 2.18. The zero-order valence-corrected chi connectivity index (χ0v) is 52.9. The molecule has 0 heterocycles. The smallest absolute Gasteiger partial charge is 0.306 e. The molecule has 460 valence electrons. The van der Waals surface area contributed by atoms with Gasteiger partial charge in [0.25, 0.3) is 0 Å². The number of allylic oxidation sites excluding steroid dienone is 10. The monoisotopic (exact) mass is 1110 g/mol. The third-order valence-corrected chi connectivity index (χ3v) is 15.5. The fourth-order valence-electron chi connectivity index (χ4n) is 10.3. The average Bonchev–Trinajstić information content (AvgIpc) is 3.45. The predicted octanol–water partition coefficient (Wildman–Crippen LogP) is 23.9. The van der Waals surface area contributed by atoms with Gasteiger partial charge >= 0.3 is 17.9 Å². The Morgan fingerprint density at radius 3 is 0.785 bits per heavy atom. The van der Waals surface area contributed by atoms with E-state index in [4.69, 9.17) is 14.2 Å². The van der Waals surface area contributed by atoms with E-state index in [0.717, 1.165) is 83.5 Å². The molecule has 0 saturated carbocycles. The van der Waals surface area contributed by atoms with Crippen LogP contribution in [-0.4, -0.2) is 37.2 Å². The third kappa shape index (κ3) is 65.8. The lowest BCUT2D eigenvalue weighted by Gasteiger charge is -2.18. The van der Waals surface area contributed by atoms with Crippen molar-refractivity contribution in [2.75, 3.05) is 13.2 Å². The minimum absolute atomic E-state index is 0.0695. The summed E-state index contributed by atoms with van der Waals surface area (Å²) in [4.78, 5) is 38.2. The van der Waals surface area contributed by atoms with Crippen LogP contribution in [0.4, 0.5) is 0 Å². The maximum atomic E-state index is 12.9. The van der Waals surface area contributed by atoms with Crippen LogP contribution in [0.5, 0.6) is 0 Å². The van der Waals surface area contributed by atoms with E-state index in [0.29, 0.717) is 19.3 Å². The van der Waals surface area contributed by atoms with Gasteiger partial charge in [0.2, 0.25) is 0 Å². The standard InChI is InChI=1S/C73H132O6/c1-4-7-10-13-16-19-21-23-25-27-28-29-30-31-32-33-34-35-36-37-38-39-40-41-42-43-44-46-47-49-51-54-57-60-63-66-72(75)78-69-70(68-77-71(74)65-62-59-56-53-18-15-12-9-6-3)79-73(76)67-64-61-58-55-52-50-48-45-26-24-22-20-17-14-11-8-5-2/h7,10,16,19,23-26,28-29,70H,4-6,8-9,11-15,17-18,20-22,27,30-69H2,1-3H3/b10-7-,19-16-,25-23-,26-24-,29-28-. The molecule has 0 N–H and O–H groups in total. The maximum absolute atomic E-state index is 12.9. The Hall–Kier alpha value is -2.89. The first kappa shape index (κ1) is 76.1. The van der Waals surface area contributed by atoms with E-state index in [-0.39, 0.29) is 31.1 Å². The highest BCUT2D eigenvalue weighted by molar-refractivity contribution is 5.71. The van der Waals surface area contributed by atoms with E-state index < -0.39 is 6.10 Å². The molecule has 0 fully saturated rings. The van der Waals surface area contributed by atoms with Crippen molar-refractivity contribution in [2.45, 2.75) is 374 Å². The largest absolute Gasteiger partial charge is 0.462 e. The van der Waals surface area contributed by atoms with Gasteiger partial charge in [-0.25, -0.2) is 0 Å². The molecular weight excluding hydrogens is 973 g/mol. The molecule has 6 nitrogen and oxygen atoms in total. The van der Waals surface area contributed by atoms with Crippen molar-refractivity contribution in [3.63, 3.8) is 0 Å². The summed E-state index contributed by atoms with van der Waals surface area (Å²) in [6.07, 6.45) is 87.0. The lowest BCUT2D eigenvalue weighted by atomic mass is 10.0. The summed E-state index contributed by atoms with van der Waals surface area (Å²) < 4.78 is 16.9. The van der Waals surface area contributed by atoms with Gasteiger partial charge in [0, 0.05) is 19.3 Å². The van der Waals surface area contributed by atoms with Crippen LogP contribution in [0, 0.1) is 0 Å².